The second-order valence-corrected chi connectivity index (χ2v) is 3.60. The normalized spacial score (nSPS) is 10.6. The fourth-order valence-corrected chi connectivity index (χ4v) is 1.67. The molecule has 0 spiro atoms. The Hall–Kier alpha value is -0.920. The van der Waals surface area contributed by atoms with Crippen LogP contribution in [0.25, 0.3) is 10.8 Å². The van der Waals surface area contributed by atoms with Crippen LogP contribution in [-0.2, 0) is 0 Å². The van der Waals surface area contributed by atoms with E-state index in [2.05, 4.69) is 0 Å². The third-order valence-corrected chi connectivity index (χ3v) is 2.47. The minimum Gasteiger partial charge on any atom is -0.507 e. The Kier molecular flexibility index (Phi) is 2.06. The van der Waals surface area contributed by atoms with Crippen molar-refractivity contribution in [2.45, 2.75) is 0 Å². The molecule has 0 atom stereocenters. The van der Waals surface area contributed by atoms with Crippen LogP contribution >= 0.6 is 23.2 Å². The molecule has 0 aliphatic rings. The SMILES string of the molecule is Oc1ccc(Cl)c2ccc(Cl)cc12. The van der Waals surface area contributed by atoms with Crippen LogP contribution < -0.4 is 0 Å². The molecule has 0 radical (unpaired) electrons. The summed E-state index contributed by atoms with van der Waals surface area (Å²) in [5.41, 5.74) is 0. The molecule has 13 heavy (non-hydrogen) atoms. The highest BCUT2D eigenvalue weighted by molar-refractivity contribution is 6.36. The van der Waals surface area contributed by atoms with Crippen molar-refractivity contribution in [3.8, 4) is 5.75 Å². The summed E-state index contributed by atoms with van der Waals surface area (Å²) < 4.78 is 0. The van der Waals surface area contributed by atoms with Gasteiger partial charge < -0.3 is 5.11 Å². The molecule has 1 nitrogen and oxygen atoms in total. The summed E-state index contributed by atoms with van der Waals surface area (Å²) in [6, 6.07) is 8.45. The van der Waals surface area contributed by atoms with Crippen molar-refractivity contribution in [3.05, 3.63) is 40.4 Å². The van der Waals surface area contributed by atoms with Crippen LogP contribution in [0.4, 0.5) is 0 Å². The third kappa shape index (κ3) is 1.45. The molecule has 0 saturated heterocycles. The number of halogens is 2. The van der Waals surface area contributed by atoms with Gasteiger partial charge in [0.2, 0.25) is 0 Å². The minimum absolute atomic E-state index is 0.196. The molecule has 2 rings (SSSR count). The topological polar surface area (TPSA) is 20.2 Å². The molecule has 2 aromatic rings. The van der Waals surface area contributed by atoms with Crippen molar-refractivity contribution in [1.82, 2.24) is 0 Å². The first-order chi connectivity index (χ1) is 6.18. The van der Waals surface area contributed by atoms with Crippen LogP contribution in [0.5, 0.6) is 5.75 Å². The highest BCUT2D eigenvalue weighted by Gasteiger charge is 2.03. The third-order valence-electron chi connectivity index (χ3n) is 1.90. The van der Waals surface area contributed by atoms with Crippen LogP contribution in [-0.4, -0.2) is 5.11 Å². The molecule has 0 unspecified atom stereocenters. The average molecular weight is 213 g/mol. The maximum Gasteiger partial charge on any atom is 0.123 e. The maximum absolute atomic E-state index is 9.50. The molecule has 0 fully saturated rings. The minimum atomic E-state index is 0.196. The molecule has 66 valence electrons. The zero-order valence-corrected chi connectivity index (χ0v) is 8.10. The molecular weight excluding hydrogens is 207 g/mol. The standard InChI is InChI=1S/C10H6Cl2O/c11-6-1-2-7-8(5-6)10(13)4-3-9(7)12/h1-5,13H. The first-order valence-electron chi connectivity index (χ1n) is 3.75. The van der Waals surface area contributed by atoms with Crippen molar-refractivity contribution in [1.29, 1.82) is 0 Å². The molecule has 0 amide bonds. The summed E-state index contributed by atoms with van der Waals surface area (Å²) in [5, 5.41) is 12.2. The van der Waals surface area contributed by atoms with E-state index >= 15 is 0 Å². The van der Waals surface area contributed by atoms with Crippen LogP contribution in [0, 0.1) is 0 Å². The van der Waals surface area contributed by atoms with E-state index in [0.717, 1.165) is 5.39 Å². The van der Waals surface area contributed by atoms with Crippen molar-refractivity contribution >= 4 is 34.0 Å². The predicted molar refractivity (Wildman–Crippen MR) is 55.6 cm³/mol. The monoisotopic (exact) mass is 212 g/mol. The lowest BCUT2D eigenvalue weighted by molar-refractivity contribution is 0.481. The van der Waals surface area contributed by atoms with Gasteiger partial charge >= 0.3 is 0 Å². The van der Waals surface area contributed by atoms with E-state index in [4.69, 9.17) is 23.2 Å². The lowest BCUT2D eigenvalue weighted by atomic mass is 10.1. The Morgan fingerprint density at radius 1 is 0.923 bits per heavy atom. The highest BCUT2D eigenvalue weighted by Crippen LogP contribution is 2.32. The van der Waals surface area contributed by atoms with Gasteiger partial charge in [-0.1, -0.05) is 29.3 Å². The second-order valence-electron chi connectivity index (χ2n) is 2.76. The molecule has 0 bridgehead atoms. The summed E-state index contributed by atoms with van der Waals surface area (Å²) in [7, 11) is 0. The Morgan fingerprint density at radius 3 is 2.46 bits per heavy atom. The summed E-state index contributed by atoms with van der Waals surface area (Å²) in [5.74, 6) is 0.196. The summed E-state index contributed by atoms with van der Waals surface area (Å²) in [4.78, 5) is 0. The number of rotatable bonds is 0. The number of hydrogen-bond donors (Lipinski definition) is 1. The lowest BCUT2D eigenvalue weighted by Gasteiger charge is -2.02. The first-order valence-corrected chi connectivity index (χ1v) is 4.51. The number of phenolic OH excluding ortho intramolecular Hbond substituents is 1. The van der Waals surface area contributed by atoms with Gasteiger partial charge in [0, 0.05) is 20.8 Å². The van der Waals surface area contributed by atoms with Gasteiger partial charge in [-0.25, -0.2) is 0 Å². The molecule has 2 aromatic carbocycles. The quantitative estimate of drug-likeness (QED) is 0.704. The van der Waals surface area contributed by atoms with E-state index in [0.29, 0.717) is 15.4 Å². The average Bonchev–Trinajstić information content (AvgIpc) is 2.12. The molecule has 0 saturated carbocycles. The Morgan fingerprint density at radius 2 is 1.69 bits per heavy atom. The molecule has 0 heterocycles. The van der Waals surface area contributed by atoms with Crippen LogP contribution in [0.2, 0.25) is 10.0 Å². The van der Waals surface area contributed by atoms with Gasteiger partial charge in [0.05, 0.1) is 0 Å². The van der Waals surface area contributed by atoms with Crippen molar-refractivity contribution in [2.75, 3.05) is 0 Å². The van der Waals surface area contributed by atoms with E-state index in [9.17, 15) is 5.11 Å². The fraction of sp³-hybridized carbons (Fsp3) is 0. The molecule has 1 N–H and O–H groups in total. The van der Waals surface area contributed by atoms with Crippen LogP contribution in [0.15, 0.2) is 30.3 Å². The number of aromatic hydroxyl groups is 1. The Labute approximate surface area is 85.5 Å². The molecule has 0 aromatic heterocycles. The zero-order valence-electron chi connectivity index (χ0n) is 6.59. The summed E-state index contributed by atoms with van der Waals surface area (Å²) >= 11 is 11.7. The van der Waals surface area contributed by atoms with Gasteiger partial charge in [-0.3, -0.25) is 0 Å². The van der Waals surface area contributed by atoms with Crippen molar-refractivity contribution < 1.29 is 5.11 Å². The zero-order chi connectivity index (χ0) is 9.42. The molecule has 0 aliphatic heterocycles. The van der Waals surface area contributed by atoms with Crippen LogP contribution in [0.1, 0.15) is 0 Å². The number of hydrogen-bond acceptors (Lipinski definition) is 1. The van der Waals surface area contributed by atoms with Gasteiger partial charge in [-0.05, 0) is 24.3 Å². The predicted octanol–water partition coefficient (Wildman–Crippen LogP) is 3.85. The van der Waals surface area contributed by atoms with Gasteiger partial charge in [0.25, 0.3) is 0 Å². The van der Waals surface area contributed by atoms with E-state index < -0.39 is 0 Å². The Bertz CT molecular complexity index is 466. The number of fused-ring (bicyclic) bond motifs is 1. The highest BCUT2D eigenvalue weighted by atomic mass is 35.5. The number of phenols is 1. The summed E-state index contributed by atoms with van der Waals surface area (Å²) in [6.07, 6.45) is 0. The van der Waals surface area contributed by atoms with Gasteiger partial charge in [-0.2, -0.15) is 0 Å². The van der Waals surface area contributed by atoms with Crippen LogP contribution in [0.3, 0.4) is 0 Å². The van der Waals surface area contributed by atoms with E-state index in [1.165, 1.54) is 0 Å². The Balaban J connectivity index is 2.92. The molecule has 0 aliphatic carbocycles. The largest absolute Gasteiger partial charge is 0.507 e. The van der Waals surface area contributed by atoms with E-state index in [-0.39, 0.29) is 5.75 Å². The van der Waals surface area contributed by atoms with E-state index in [1.54, 1.807) is 30.3 Å². The lowest BCUT2D eigenvalue weighted by Crippen LogP contribution is -1.75. The van der Waals surface area contributed by atoms with Gasteiger partial charge in [0.1, 0.15) is 5.75 Å². The smallest absolute Gasteiger partial charge is 0.123 e. The summed E-state index contributed by atoms with van der Waals surface area (Å²) in [6.45, 7) is 0. The first kappa shape index (κ1) is 8.67. The maximum atomic E-state index is 9.50. The number of benzene rings is 2. The molecule has 3 heteroatoms. The molecular formula is C10H6Cl2O. The second kappa shape index (κ2) is 3.09. The van der Waals surface area contributed by atoms with Gasteiger partial charge in [-0.15, -0.1) is 0 Å². The fourth-order valence-electron chi connectivity index (χ4n) is 1.27. The van der Waals surface area contributed by atoms with Crippen molar-refractivity contribution in [2.24, 2.45) is 0 Å². The van der Waals surface area contributed by atoms with E-state index in [1.807, 2.05) is 0 Å². The van der Waals surface area contributed by atoms with Gasteiger partial charge in [0.15, 0.2) is 0 Å². The van der Waals surface area contributed by atoms with Crippen molar-refractivity contribution in [3.63, 3.8) is 0 Å².